The number of rotatable bonds is 9. The zero-order valence-electron chi connectivity index (χ0n) is 18.7. The van der Waals surface area contributed by atoms with Crippen LogP contribution < -0.4 is 10.1 Å². The van der Waals surface area contributed by atoms with Crippen LogP contribution in [0.4, 0.5) is 0 Å². The lowest BCUT2D eigenvalue weighted by Crippen LogP contribution is -2.28. The molecule has 0 aliphatic rings. The lowest BCUT2D eigenvalue weighted by Gasteiger charge is -2.12. The van der Waals surface area contributed by atoms with Gasteiger partial charge in [0.05, 0.1) is 24.0 Å². The average molecular weight is 428 g/mol. The van der Waals surface area contributed by atoms with E-state index in [1.54, 1.807) is 0 Å². The Morgan fingerprint density at radius 2 is 1.72 bits per heavy atom. The van der Waals surface area contributed by atoms with Gasteiger partial charge in [-0.05, 0) is 49.2 Å². The fourth-order valence-corrected chi connectivity index (χ4v) is 3.81. The molecule has 5 nitrogen and oxygen atoms in total. The first kappa shape index (κ1) is 21.6. The number of imidazole rings is 1. The van der Waals surface area contributed by atoms with Gasteiger partial charge in [-0.25, -0.2) is 4.98 Å². The van der Waals surface area contributed by atoms with Crippen molar-refractivity contribution in [2.75, 3.05) is 13.2 Å². The molecule has 0 radical (unpaired) electrons. The Labute approximate surface area is 189 Å². The Bertz CT molecular complexity index is 1200. The predicted octanol–water partition coefficient (Wildman–Crippen LogP) is 4.63. The van der Waals surface area contributed by atoms with Gasteiger partial charge in [0.2, 0.25) is 5.91 Å². The fraction of sp³-hybridized carbons (Fsp3) is 0.259. The maximum atomic E-state index is 12.4. The third kappa shape index (κ3) is 5.35. The highest BCUT2D eigenvalue weighted by Gasteiger charge is 2.12. The van der Waals surface area contributed by atoms with Crippen LogP contribution in [0.3, 0.4) is 0 Å². The highest BCUT2D eigenvalue weighted by Crippen LogP contribution is 2.17. The normalized spacial score (nSPS) is 10.9. The number of para-hydroxylation sites is 2. The van der Waals surface area contributed by atoms with E-state index in [2.05, 4.69) is 22.9 Å². The Kier molecular flexibility index (Phi) is 6.85. The topological polar surface area (TPSA) is 56.1 Å². The first-order valence-electron chi connectivity index (χ1n) is 11.0. The van der Waals surface area contributed by atoms with Gasteiger partial charge in [0.1, 0.15) is 18.2 Å². The van der Waals surface area contributed by atoms with E-state index in [9.17, 15) is 4.79 Å². The van der Waals surface area contributed by atoms with E-state index in [0.29, 0.717) is 32.5 Å². The molecule has 164 valence electrons. The molecule has 0 unspecified atom stereocenters. The number of ether oxygens (including phenoxy) is 1. The van der Waals surface area contributed by atoms with Gasteiger partial charge in [-0.2, -0.15) is 0 Å². The Balaban J connectivity index is 1.38. The van der Waals surface area contributed by atoms with Crippen LogP contribution in [0.2, 0.25) is 0 Å². The third-order valence-corrected chi connectivity index (χ3v) is 5.62. The molecular weight excluding hydrogens is 398 g/mol. The number of aryl methyl sites for hydroxylation is 2. The standard InChI is InChI=1S/C27H29N3O2/c1-20-11-13-23(14-12-20)32-18-17-30-25-10-6-5-9-24(25)29-26(30)15-16-28-27(31)19-22-8-4-3-7-21(22)2/h3-14H,15-19H2,1-2H3,(H,28,31). The molecule has 0 saturated carbocycles. The second kappa shape index (κ2) is 10.1. The molecule has 1 heterocycles. The van der Waals surface area contributed by atoms with Crippen LogP contribution >= 0.6 is 0 Å². The predicted molar refractivity (Wildman–Crippen MR) is 128 cm³/mol. The highest BCUT2D eigenvalue weighted by atomic mass is 16.5. The number of amides is 1. The summed E-state index contributed by atoms with van der Waals surface area (Å²) in [5.41, 5.74) is 5.46. The number of benzene rings is 3. The average Bonchev–Trinajstić information content (AvgIpc) is 3.14. The van der Waals surface area contributed by atoms with Gasteiger partial charge in [-0.3, -0.25) is 4.79 Å². The van der Waals surface area contributed by atoms with E-state index >= 15 is 0 Å². The quantitative estimate of drug-likeness (QED) is 0.424. The summed E-state index contributed by atoms with van der Waals surface area (Å²) in [6, 6.07) is 24.2. The molecule has 32 heavy (non-hydrogen) atoms. The minimum absolute atomic E-state index is 0.0321. The van der Waals surface area contributed by atoms with Crippen LogP contribution in [0.1, 0.15) is 22.5 Å². The van der Waals surface area contributed by atoms with Gasteiger partial charge in [0.25, 0.3) is 0 Å². The summed E-state index contributed by atoms with van der Waals surface area (Å²) in [5.74, 6) is 1.85. The molecule has 1 amide bonds. The Morgan fingerprint density at radius 1 is 0.969 bits per heavy atom. The summed E-state index contributed by atoms with van der Waals surface area (Å²) in [7, 11) is 0. The lowest BCUT2D eigenvalue weighted by molar-refractivity contribution is -0.120. The molecule has 1 N–H and O–H groups in total. The number of aromatic nitrogens is 2. The second-order valence-corrected chi connectivity index (χ2v) is 8.03. The van der Waals surface area contributed by atoms with E-state index < -0.39 is 0 Å². The number of nitrogens with zero attached hydrogens (tertiary/aromatic N) is 2. The van der Waals surface area contributed by atoms with Crippen LogP contribution in [-0.2, 0) is 24.2 Å². The van der Waals surface area contributed by atoms with Crippen LogP contribution in [0.25, 0.3) is 11.0 Å². The molecule has 4 aromatic rings. The first-order valence-corrected chi connectivity index (χ1v) is 11.0. The van der Waals surface area contributed by atoms with Gasteiger partial charge in [0, 0.05) is 13.0 Å². The molecular formula is C27H29N3O2. The number of nitrogens with one attached hydrogen (secondary N) is 1. The Hall–Kier alpha value is -3.60. The van der Waals surface area contributed by atoms with Crippen molar-refractivity contribution in [3.05, 3.63) is 95.3 Å². The van der Waals surface area contributed by atoms with Gasteiger partial charge >= 0.3 is 0 Å². The summed E-state index contributed by atoms with van der Waals surface area (Å²) < 4.78 is 8.13. The first-order chi connectivity index (χ1) is 15.6. The summed E-state index contributed by atoms with van der Waals surface area (Å²) in [6.07, 6.45) is 1.06. The fourth-order valence-electron chi connectivity index (χ4n) is 3.81. The van der Waals surface area contributed by atoms with E-state index in [-0.39, 0.29) is 5.91 Å². The van der Waals surface area contributed by atoms with E-state index in [1.165, 1.54) is 5.56 Å². The van der Waals surface area contributed by atoms with Crippen LogP contribution in [0.15, 0.2) is 72.8 Å². The van der Waals surface area contributed by atoms with E-state index in [0.717, 1.165) is 33.7 Å². The zero-order chi connectivity index (χ0) is 22.3. The molecule has 0 saturated heterocycles. The van der Waals surface area contributed by atoms with Crippen LogP contribution in [0, 0.1) is 13.8 Å². The third-order valence-electron chi connectivity index (χ3n) is 5.62. The minimum Gasteiger partial charge on any atom is -0.492 e. The van der Waals surface area contributed by atoms with Crippen LogP contribution in [-0.4, -0.2) is 28.6 Å². The van der Waals surface area contributed by atoms with Crippen molar-refractivity contribution in [3.8, 4) is 5.75 Å². The second-order valence-electron chi connectivity index (χ2n) is 8.03. The summed E-state index contributed by atoms with van der Waals surface area (Å²) in [4.78, 5) is 17.2. The van der Waals surface area contributed by atoms with Crippen molar-refractivity contribution in [3.63, 3.8) is 0 Å². The van der Waals surface area contributed by atoms with Crippen LogP contribution in [0.5, 0.6) is 5.75 Å². The van der Waals surface area contributed by atoms with Gasteiger partial charge < -0.3 is 14.6 Å². The minimum atomic E-state index is 0.0321. The largest absolute Gasteiger partial charge is 0.492 e. The van der Waals surface area contributed by atoms with Crippen molar-refractivity contribution in [2.45, 2.75) is 33.2 Å². The van der Waals surface area contributed by atoms with E-state index in [4.69, 9.17) is 9.72 Å². The molecule has 0 fully saturated rings. The molecule has 0 bridgehead atoms. The van der Waals surface area contributed by atoms with Gasteiger partial charge in [-0.1, -0.05) is 54.1 Å². The number of carbonyl (C=O) groups excluding carboxylic acids is 1. The molecule has 1 aromatic heterocycles. The maximum absolute atomic E-state index is 12.4. The molecule has 3 aromatic carbocycles. The highest BCUT2D eigenvalue weighted by molar-refractivity contribution is 5.79. The number of fused-ring (bicyclic) bond motifs is 1. The Morgan fingerprint density at radius 3 is 2.53 bits per heavy atom. The van der Waals surface area contributed by atoms with Gasteiger partial charge in [0.15, 0.2) is 0 Å². The monoisotopic (exact) mass is 427 g/mol. The summed E-state index contributed by atoms with van der Waals surface area (Å²) >= 11 is 0. The smallest absolute Gasteiger partial charge is 0.224 e. The van der Waals surface area contributed by atoms with Crippen molar-refractivity contribution in [1.29, 1.82) is 0 Å². The molecule has 0 atom stereocenters. The van der Waals surface area contributed by atoms with Crippen molar-refractivity contribution >= 4 is 16.9 Å². The molecule has 0 aliphatic heterocycles. The molecule has 0 spiro atoms. The number of carbonyl (C=O) groups is 1. The van der Waals surface area contributed by atoms with Crippen molar-refractivity contribution in [1.82, 2.24) is 14.9 Å². The molecule has 0 aliphatic carbocycles. The van der Waals surface area contributed by atoms with E-state index in [1.807, 2.05) is 73.7 Å². The lowest BCUT2D eigenvalue weighted by atomic mass is 10.1. The molecule has 4 rings (SSSR count). The molecule has 5 heteroatoms. The van der Waals surface area contributed by atoms with Gasteiger partial charge in [-0.15, -0.1) is 0 Å². The summed E-state index contributed by atoms with van der Waals surface area (Å²) in [6.45, 7) is 5.89. The van der Waals surface area contributed by atoms with Crippen molar-refractivity contribution in [2.24, 2.45) is 0 Å². The van der Waals surface area contributed by atoms with Crippen molar-refractivity contribution < 1.29 is 9.53 Å². The SMILES string of the molecule is Cc1ccc(OCCn2c(CCNC(=O)Cc3ccccc3C)nc3ccccc32)cc1. The zero-order valence-corrected chi connectivity index (χ0v) is 18.7. The number of hydrogen-bond acceptors (Lipinski definition) is 3. The number of hydrogen-bond donors (Lipinski definition) is 1. The maximum Gasteiger partial charge on any atom is 0.224 e. The summed E-state index contributed by atoms with van der Waals surface area (Å²) in [5, 5.41) is 3.04.